The molecule has 1 nitrogen and oxygen atoms in total. The van der Waals surface area contributed by atoms with Gasteiger partial charge in [0.25, 0.3) is 0 Å². The Morgan fingerprint density at radius 3 is 1.94 bits per heavy atom. The fourth-order valence-corrected chi connectivity index (χ4v) is 3.36. The molecule has 0 bridgehead atoms. The summed E-state index contributed by atoms with van der Waals surface area (Å²) >= 11 is 0. The van der Waals surface area contributed by atoms with Crippen LogP contribution in [0.4, 0.5) is 0 Å². The molecular weight excluding hydrogens is 214 g/mol. The lowest BCUT2D eigenvalue weighted by molar-refractivity contribution is 0.389. The van der Waals surface area contributed by atoms with Gasteiger partial charge in [0.15, 0.2) is 0 Å². The van der Waals surface area contributed by atoms with Gasteiger partial charge in [-0.2, -0.15) is 0 Å². The summed E-state index contributed by atoms with van der Waals surface area (Å²) in [6.07, 6.45) is 14.7. The Labute approximate surface area is 103 Å². The van der Waals surface area contributed by atoms with Crippen LogP contribution in [-0.2, 0) is 0 Å². The summed E-state index contributed by atoms with van der Waals surface area (Å²) < 4.78 is 0.452. The molecule has 0 atom stereocenters. The number of rotatable bonds is 3. The summed E-state index contributed by atoms with van der Waals surface area (Å²) in [5.41, 5.74) is 0. The maximum Gasteiger partial charge on any atom is 0.0136 e. The fourth-order valence-electron chi connectivity index (χ4n) is 1.99. The number of hydrogen-bond acceptors (Lipinski definition) is 1. The van der Waals surface area contributed by atoms with E-state index in [1.807, 2.05) is 0 Å². The Morgan fingerprint density at radius 2 is 1.50 bits per heavy atom. The van der Waals surface area contributed by atoms with Crippen molar-refractivity contribution < 1.29 is 0 Å². The Balaban J connectivity index is 2.52. The van der Waals surface area contributed by atoms with Crippen molar-refractivity contribution in [3.8, 4) is 0 Å². The second kappa shape index (κ2) is 4.53. The van der Waals surface area contributed by atoms with Crippen LogP contribution < -0.4 is 5.32 Å². The molecule has 0 saturated heterocycles. The molecule has 1 aliphatic carbocycles. The summed E-state index contributed by atoms with van der Waals surface area (Å²) in [6, 6.07) is 0.803. The van der Waals surface area contributed by atoms with Crippen LogP contribution in [0.15, 0.2) is 0 Å². The first kappa shape index (κ1) is 14.4. The Hall–Kier alpha value is 0.310. The second-order valence-electron chi connectivity index (χ2n) is 7.99. The zero-order valence-corrected chi connectivity index (χ0v) is 13.2. The predicted molar refractivity (Wildman–Crippen MR) is 81.4 cm³/mol. The molecule has 2 heteroatoms. The van der Waals surface area contributed by atoms with Gasteiger partial charge in [-0.1, -0.05) is 40.0 Å². The minimum atomic E-state index is -1.57. The topological polar surface area (TPSA) is 12.0 Å². The summed E-state index contributed by atoms with van der Waals surface area (Å²) in [5, 5.41) is 3.87. The molecular formula is C14H33NS. The molecule has 0 aromatic heterocycles. The van der Waals surface area contributed by atoms with Gasteiger partial charge in [0.1, 0.15) is 0 Å². The Kier molecular flexibility index (Phi) is 4.07. The van der Waals surface area contributed by atoms with E-state index < -0.39 is 9.16 Å². The van der Waals surface area contributed by atoms with Crippen LogP contribution >= 0.6 is 9.16 Å². The van der Waals surface area contributed by atoms with Gasteiger partial charge in [-0.05, 0) is 36.4 Å². The summed E-state index contributed by atoms with van der Waals surface area (Å²) in [5.74, 6) is 1.25. The minimum Gasteiger partial charge on any atom is -0.308 e. The van der Waals surface area contributed by atoms with E-state index in [9.17, 15) is 0 Å². The summed E-state index contributed by atoms with van der Waals surface area (Å²) in [7, 11) is -1.57. The quantitative estimate of drug-likeness (QED) is 0.726. The van der Waals surface area contributed by atoms with E-state index in [0.717, 1.165) is 6.04 Å². The normalized spacial score (nSPS) is 22.8. The highest BCUT2D eigenvalue weighted by Gasteiger charge is 2.38. The van der Waals surface area contributed by atoms with Gasteiger partial charge in [-0.15, -0.1) is 0 Å². The van der Waals surface area contributed by atoms with Crippen molar-refractivity contribution >= 4 is 9.16 Å². The van der Waals surface area contributed by atoms with E-state index in [-0.39, 0.29) is 0 Å². The highest BCUT2D eigenvalue weighted by Crippen LogP contribution is 2.68. The van der Waals surface area contributed by atoms with E-state index in [0.29, 0.717) is 4.75 Å². The van der Waals surface area contributed by atoms with Crippen LogP contribution in [-0.4, -0.2) is 35.4 Å². The van der Waals surface area contributed by atoms with Crippen LogP contribution in [0.25, 0.3) is 0 Å². The predicted octanol–water partition coefficient (Wildman–Crippen LogP) is 3.63. The van der Waals surface area contributed by atoms with Gasteiger partial charge in [-0.3, -0.25) is 9.16 Å². The number of hydrogen-bond donors (Lipinski definition) is 2. The van der Waals surface area contributed by atoms with Crippen molar-refractivity contribution in [1.29, 1.82) is 0 Å². The van der Waals surface area contributed by atoms with Gasteiger partial charge in [0.2, 0.25) is 0 Å². The molecule has 1 aliphatic rings. The van der Waals surface area contributed by atoms with Crippen molar-refractivity contribution in [2.24, 2.45) is 0 Å². The highest BCUT2D eigenvalue weighted by atomic mass is 32.3. The maximum atomic E-state index is 3.87. The first-order valence-corrected chi connectivity index (χ1v) is 10.6. The lowest BCUT2D eigenvalue weighted by atomic mass is 9.96. The molecule has 1 fully saturated rings. The zero-order chi connectivity index (χ0) is 12.5. The van der Waals surface area contributed by atoms with Gasteiger partial charge >= 0.3 is 0 Å². The van der Waals surface area contributed by atoms with Crippen molar-refractivity contribution in [2.45, 2.75) is 63.7 Å². The van der Waals surface area contributed by atoms with Crippen LogP contribution in [0.2, 0.25) is 0 Å². The lowest BCUT2D eigenvalue weighted by Gasteiger charge is -2.62. The average Bonchev–Trinajstić information content (AvgIpc) is 2.14. The maximum absolute atomic E-state index is 3.87. The lowest BCUT2D eigenvalue weighted by Crippen LogP contribution is -2.45. The van der Waals surface area contributed by atoms with Crippen molar-refractivity contribution in [3.05, 3.63) is 0 Å². The molecule has 16 heavy (non-hydrogen) atoms. The second-order valence-corrected chi connectivity index (χ2v) is 15.9. The van der Waals surface area contributed by atoms with E-state index >= 15 is 0 Å². The van der Waals surface area contributed by atoms with E-state index in [1.54, 1.807) is 0 Å². The highest BCUT2D eigenvalue weighted by molar-refractivity contribution is 8.49. The van der Waals surface area contributed by atoms with Crippen LogP contribution in [0, 0.1) is 0 Å². The van der Waals surface area contributed by atoms with E-state index in [2.05, 4.69) is 44.9 Å². The molecule has 0 aliphatic heterocycles. The molecule has 0 aromatic carbocycles. The van der Waals surface area contributed by atoms with Crippen molar-refractivity contribution in [2.75, 3.05) is 24.6 Å². The summed E-state index contributed by atoms with van der Waals surface area (Å²) in [4.78, 5) is 0. The van der Waals surface area contributed by atoms with Crippen molar-refractivity contribution in [1.82, 2.24) is 5.32 Å². The van der Waals surface area contributed by atoms with Crippen LogP contribution in [0.1, 0.15) is 52.9 Å². The third kappa shape index (κ3) is 3.40. The molecule has 0 unspecified atom stereocenters. The average molecular weight is 247 g/mol. The largest absolute Gasteiger partial charge is 0.308 e. The number of nitrogens with one attached hydrogen (secondary N) is 1. The molecule has 0 radical (unpaired) electrons. The molecule has 1 rings (SSSR count). The van der Waals surface area contributed by atoms with E-state index in [1.165, 1.54) is 38.0 Å². The van der Waals surface area contributed by atoms with E-state index in [4.69, 9.17) is 0 Å². The zero-order valence-electron chi connectivity index (χ0n) is 12.3. The van der Waals surface area contributed by atoms with Crippen molar-refractivity contribution in [3.63, 3.8) is 0 Å². The molecule has 0 amide bonds. The molecule has 1 N–H and O–H groups in total. The van der Waals surface area contributed by atoms with Gasteiger partial charge < -0.3 is 5.32 Å². The molecule has 0 heterocycles. The van der Waals surface area contributed by atoms with Crippen LogP contribution in [0.3, 0.4) is 0 Å². The summed E-state index contributed by atoms with van der Waals surface area (Å²) in [6.45, 7) is 7.23. The third-order valence-corrected chi connectivity index (χ3v) is 11.3. The fraction of sp³-hybridized carbons (Fsp3) is 1.00. The third-order valence-electron chi connectivity index (χ3n) is 5.03. The molecule has 100 valence electrons. The standard InChI is InChI=1S/C14H33NS/c1-14(2,3)16(4,5,6)12-15-13-10-8-7-9-11-13/h13,15-16H,7-12H2,1-6H3. The van der Waals surface area contributed by atoms with Crippen LogP contribution in [0.5, 0.6) is 0 Å². The SMILES string of the molecule is CC(C)(C)[SH](C)(C)(C)CNC1CCCCC1. The smallest absolute Gasteiger partial charge is 0.0136 e. The molecule has 0 spiro atoms. The monoisotopic (exact) mass is 247 g/mol. The number of thiol groups is 1. The molecule has 0 aromatic rings. The van der Waals surface area contributed by atoms with Gasteiger partial charge in [0, 0.05) is 11.9 Å². The van der Waals surface area contributed by atoms with Gasteiger partial charge in [0.05, 0.1) is 0 Å². The first-order chi connectivity index (χ1) is 7.11. The first-order valence-electron chi connectivity index (χ1n) is 6.84. The Morgan fingerprint density at radius 1 is 1.00 bits per heavy atom. The molecule has 1 saturated carbocycles. The minimum absolute atomic E-state index is 0.452. The Bertz CT molecular complexity index is 225. The van der Waals surface area contributed by atoms with Gasteiger partial charge in [-0.25, -0.2) is 0 Å².